The molecule has 2 nitrogen and oxygen atoms in total. The van der Waals surface area contributed by atoms with Gasteiger partial charge in [-0.1, -0.05) is 17.7 Å². The Kier molecular flexibility index (Phi) is 2.85. The second-order valence-electron chi connectivity index (χ2n) is 2.45. The van der Waals surface area contributed by atoms with Gasteiger partial charge in [0.05, 0.1) is 5.02 Å². The summed E-state index contributed by atoms with van der Waals surface area (Å²) >= 11 is 5.58. The molecule has 0 atom stereocenters. The van der Waals surface area contributed by atoms with Gasteiger partial charge < -0.3 is 0 Å². The molecular weight excluding hydrogens is 238 g/mol. The molecule has 0 heterocycles. The lowest BCUT2D eigenvalue weighted by Crippen LogP contribution is -1.97. The van der Waals surface area contributed by atoms with E-state index < -0.39 is 19.8 Å². The number of benzene rings is 1. The molecule has 0 unspecified atom stereocenters. The first kappa shape index (κ1) is 10.8. The Bertz CT molecular complexity index is 442. The van der Waals surface area contributed by atoms with Crippen molar-refractivity contribution in [3.63, 3.8) is 0 Å². The van der Waals surface area contributed by atoms with Crippen LogP contribution in [0.2, 0.25) is 5.02 Å². The second kappa shape index (κ2) is 3.44. The van der Waals surface area contributed by atoms with Gasteiger partial charge in [0.25, 0.3) is 9.05 Å². The smallest absolute Gasteiger partial charge is 0.207 e. The van der Waals surface area contributed by atoms with Crippen LogP contribution in [0.3, 0.4) is 0 Å². The van der Waals surface area contributed by atoms with Gasteiger partial charge in [-0.3, -0.25) is 0 Å². The summed E-state index contributed by atoms with van der Waals surface area (Å²) in [6, 6.07) is 2.39. The van der Waals surface area contributed by atoms with Crippen LogP contribution in [0, 0.1) is 12.7 Å². The van der Waals surface area contributed by atoms with Gasteiger partial charge in [0, 0.05) is 10.7 Å². The number of hydrogen-bond acceptors (Lipinski definition) is 2. The molecule has 1 rings (SSSR count). The van der Waals surface area contributed by atoms with Crippen LogP contribution in [-0.4, -0.2) is 8.42 Å². The van der Waals surface area contributed by atoms with Crippen LogP contribution in [0.4, 0.5) is 4.39 Å². The summed E-state index contributed by atoms with van der Waals surface area (Å²) in [4.78, 5) is -0.657. The molecule has 0 N–H and O–H groups in total. The number of rotatable bonds is 1. The maximum Gasteiger partial charge on any atom is 0.265 e. The first-order valence-electron chi connectivity index (χ1n) is 3.23. The molecule has 6 heteroatoms. The van der Waals surface area contributed by atoms with E-state index in [2.05, 4.69) is 0 Å². The first-order chi connectivity index (χ1) is 5.84. The SMILES string of the molecule is Cc1ccc(F)c(S(=O)(=O)Cl)c1Cl. The molecule has 0 saturated carbocycles. The van der Waals surface area contributed by atoms with Gasteiger partial charge in [-0.05, 0) is 18.6 Å². The third-order valence-corrected chi connectivity index (χ3v) is 3.43. The Hall–Kier alpha value is -0.320. The van der Waals surface area contributed by atoms with E-state index in [9.17, 15) is 12.8 Å². The summed E-state index contributed by atoms with van der Waals surface area (Å²) in [5, 5.41) is -0.171. The summed E-state index contributed by atoms with van der Waals surface area (Å²) in [7, 11) is 0.867. The zero-order chi connectivity index (χ0) is 10.2. The van der Waals surface area contributed by atoms with E-state index >= 15 is 0 Å². The van der Waals surface area contributed by atoms with Crippen molar-refractivity contribution in [3.05, 3.63) is 28.5 Å². The van der Waals surface area contributed by atoms with Gasteiger partial charge in [0.1, 0.15) is 10.7 Å². The molecule has 1 aromatic rings. The highest BCUT2D eigenvalue weighted by Gasteiger charge is 2.21. The summed E-state index contributed by atoms with van der Waals surface area (Å²) in [6.45, 7) is 1.56. The van der Waals surface area contributed by atoms with Gasteiger partial charge in [-0.25, -0.2) is 12.8 Å². The van der Waals surface area contributed by atoms with E-state index in [0.717, 1.165) is 6.07 Å². The van der Waals surface area contributed by atoms with E-state index in [1.165, 1.54) is 6.07 Å². The minimum Gasteiger partial charge on any atom is -0.207 e. The van der Waals surface area contributed by atoms with Crippen LogP contribution >= 0.6 is 22.3 Å². The summed E-state index contributed by atoms with van der Waals surface area (Å²) < 4.78 is 34.7. The van der Waals surface area contributed by atoms with Crippen molar-refractivity contribution in [2.24, 2.45) is 0 Å². The average Bonchev–Trinajstić information content (AvgIpc) is 1.95. The van der Waals surface area contributed by atoms with Crippen molar-refractivity contribution >= 4 is 31.3 Å². The molecule has 0 spiro atoms. The standard InChI is InChI=1S/C7H5Cl2FO2S/c1-4-2-3-5(10)7(6(4)8)13(9,11)12/h2-3H,1H3. The fraction of sp³-hybridized carbons (Fsp3) is 0.143. The largest absolute Gasteiger partial charge is 0.265 e. The fourth-order valence-electron chi connectivity index (χ4n) is 0.854. The second-order valence-corrected chi connectivity index (χ2v) is 5.33. The highest BCUT2D eigenvalue weighted by Crippen LogP contribution is 2.29. The lowest BCUT2D eigenvalue weighted by Gasteiger charge is -2.03. The first-order valence-corrected chi connectivity index (χ1v) is 5.92. The fourth-order valence-corrected chi connectivity index (χ4v) is 2.56. The van der Waals surface area contributed by atoms with Crippen LogP contribution in [0.15, 0.2) is 17.0 Å². The predicted molar refractivity (Wildman–Crippen MR) is 49.2 cm³/mol. The predicted octanol–water partition coefficient (Wildman–Crippen LogP) is 2.72. The van der Waals surface area contributed by atoms with Crippen molar-refractivity contribution in [2.75, 3.05) is 0 Å². The van der Waals surface area contributed by atoms with Crippen LogP contribution in [0.25, 0.3) is 0 Å². The molecule has 0 saturated heterocycles. The van der Waals surface area contributed by atoms with Crippen LogP contribution in [-0.2, 0) is 9.05 Å². The molecule has 13 heavy (non-hydrogen) atoms. The zero-order valence-corrected chi connectivity index (χ0v) is 8.84. The van der Waals surface area contributed by atoms with Crippen molar-refractivity contribution in [1.82, 2.24) is 0 Å². The molecule has 0 radical (unpaired) electrons. The molecule has 0 fully saturated rings. The lowest BCUT2D eigenvalue weighted by molar-refractivity contribution is 0.575. The van der Waals surface area contributed by atoms with Gasteiger partial charge in [0.15, 0.2) is 0 Å². The number of halogens is 3. The monoisotopic (exact) mass is 242 g/mol. The molecule has 0 aliphatic rings. The average molecular weight is 243 g/mol. The van der Waals surface area contributed by atoms with Crippen molar-refractivity contribution < 1.29 is 12.8 Å². The lowest BCUT2D eigenvalue weighted by atomic mass is 10.2. The summed E-state index contributed by atoms with van der Waals surface area (Å²) in [5.41, 5.74) is 0.460. The molecule has 0 amide bonds. The quantitative estimate of drug-likeness (QED) is 0.710. The normalized spacial score (nSPS) is 11.7. The van der Waals surface area contributed by atoms with Crippen LogP contribution < -0.4 is 0 Å². The van der Waals surface area contributed by atoms with Gasteiger partial charge in [0.2, 0.25) is 0 Å². The van der Waals surface area contributed by atoms with Crippen molar-refractivity contribution in [3.8, 4) is 0 Å². The maximum absolute atomic E-state index is 13.0. The molecule has 0 aromatic heterocycles. The Morgan fingerprint density at radius 3 is 2.31 bits per heavy atom. The van der Waals surface area contributed by atoms with Crippen molar-refractivity contribution in [1.29, 1.82) is 0 Å². The molecular formula is C7H5Cl2FO2S. The van der Waals surface area contributed by atoms with Gasteiger partial charge in [-0.15, -0.1) is 0 Å². The zero-order valence-electron chi connectivity index (χ0n) is 6.51. The van der Waals surface area contributed by atoms with E-state index in [0.29, 0.717) is 5.56 Å². The Labute approximate surface area is 84.7 Å². The summed E-state index contributed by atoms with van der Waals surface area (Å²) in [5.74, 6) is -0.939. The van der Waals surface area contributed by atoms with Crippen LogP contribution in [0.5, 0.6) is 0 Å². The Morgan fingerprint density at radius 1 is 1.38 bits per heavy atom. The number of aryl methyl sites for hydroxylation is 1. The Morgan fingerprint density at radius 2 is 1.92 bits per heavy atom. The Balaban J connectivity index is 3.62. The van der Waals surface area contributed by atoms with Gasteiger partial charge >= 0.3 is 0 Å². The van der Waals surface area contributed by atoms with E-state index in [1.54, 1.807) is 6.92 Å². The van der Waals surface area contributed by atoms with E-state index in [1.807, 2.05) is 0 Å². The number of hydrogen-bond donors (Lipinski definition) is 0. The topological polar surface area (TPSA) is 34.1 Å². The molecule has 72 valence electrons. The highest BCUT2D eigenvalue weighted by molar-refractivity contribution is 8.13. The van der Waals surface area contributed by atoms with E-state index in [4.69, 9.17) is 22.3 Å². The minimum absolute atomic E-state index is 0.171. The summed E-state index contributed by atoms with van der Waals surface area (Å²) in [6.07, 6.45) is 0. The molecule has 0 bridgehead atoms. The highest BCUT2D eigenvalue weighted by atomic mass is 35.7. The van der Waals surface area contributed by atoms with Crippen LogP contribution in [0.1, 0.15) is 5.56 Å². The molecule has 0 aliphatic heterocycles. The van der Waals surface area contributed by atoms with E-state index in [-0.39, 0.29) is 5.02 Å². The third kappa shape index (κ3) is 2.13. The van der Waals surface area contributed by atoms with Gasteiger partial charge in [-0.2, -0.15) is 0 Å². The maximum atomic E-state index is 13.0. The third-order valence-electron chi connectivity index (χ3n) is 1.49. The molecule has 0 aliphatic carbocycles. The minimum atomic E-state index is -4.12. The van der Waals surface area contributed by atoms with Crippen molar-refractivity contribution in [2.45, 2.75) is 11.8 Å². The molecule has 1 aromatic carbocycles.